The van der Waals surface area contributed by atoms with Crippen LogP contribution in [0.3, 0.4) is 0 Å². The molecular formula is C8H12N2OS. The van der Waals surface area contributed by atoms with E-state index in [9.17, 15) is 5.11 Å². The molecule has 4 heteroatoms. The first kappa shape index (κ1) is 8.16. The van der Waals surface area contributed by atoms with E-state index < -0.39 is 0 Å². The summed E-state index contributed by atoms with van der Waals surface area (Å²) in [7, 11) is 0. The van der Waals surface area contributed by atoms with Crippen molar-refractivity contribution < 1.29 is 5.11 Å². The van der Waals surface area contributed by atoms with Crippen LogP contribution in [-0.4, -0.2) is 29.3 Å². The van der Waals surface area contributed by atoms with Crippen LogP contribution in [0.4, 0.5) is 0 Å². The van der Waals surface area contributed by atoms with E-state index in [4.69, 9.17) is 0 Å². The Kier molecular flexibility index (Phi) is 2.12. The van der Waals surface area contributed by atoms with Crippen LogP contribution >= 0.6 is 11.3 Å². The van der Waals surface area contributed by atoms with E-state index in [1.165, 1.54) is 0 Å². The molecule has 0 radical (unpaired) electrons. The van der Waals surface area contributed by atoms with E-state index in [0.717, 1.165) is 17.2 Å². The van der Waals surface area contributed by atoms with Gasteiger partial charge in [0.15, 0.2) is 0 Å². The third-order valence-corrected chi connectivity index (χ3v) is 3.23. The minimum Gasteiger partial charge on any atom is -0.391 e. The quantitative estimate of drug-likeness (QED) is 0.668. The lowest BCUT2D eigenvalue weighted by Crippen LogP contribution is -2.15. The molecule has 0 aliphatic carbocycles. The minimum atomic E-state index is -0.254. The van der Waals surface area contributed by atoms with Crippen LogP contribution < -0.4 is 5.32 Å². The van der Waals surface area contributed by atoms with E-state index in [-0.39, 0.29) is 12.0 Å². The standard InChI is InChI=1S/C8H12N2OS/c1-5-4-12-8(10-5)6-2-9-3-7(6)11/h4,6-7,9,11H,2-3H2,1H3/t6-,7-/m1/s1. The molecule has 0 amide bonds. The van der Waals surface area contributed by atoms with Gasteiger partial charge >= 0.3 is 0 Å². The Morgan fingerprint density at radius 3 is 3.00 bits per heavy atom. The van der Waals surface area contributed by atoms with E-state index in [0.29, 0.717) is 6.54 Å². The van der Waals surface area contributed by atoms with Crippen molar-refractivity contribution in [3.8, 4) is 0 Å². The normalized spacial score (nSPS) is 29.5. The van der Waals surface area contributed by atoms with Gasteiger partial charge in [0, 0.05) is 24.2 Å². The molecule has 1 aliphatic heterocycles. The van der Waals surface area contributed by atoms with Crippen molar-refractivity contribution in [1.29, 1.82) is 0 Å². The number of aryl methyl sites for hydroxylation is 1. The summed E-state index contributed by atoms with van der Waals surface area (Å²) in [5.41, 5.74) is 1.05. The van der Waals surface area contributed by atoms with Crippen LogP contribution in [0.15, 0.2) is 5.38 Å². The van der Waals surface area contributed by atoms with Gasteiger partial charge in [-0.3, -0.25) is 0 Å². The average molecular weight is 184 g/mol. The smallest absolute Gasteiger partial charge is 0.0998 e. The molecule has 1 fully saturated rings. The Morgan fingerprint density at radius 2 is 2.50 bits per heavy atom. The Hall–Kier alpha value is -0.450. The second-order valence-electron chi connectivity index (χ2n) is 3.16. The summed E-state index contributed by atoms with van der Waals surface area (Å²) in [5.74, 6) is 0.212. The van der Waals surface area contributed by atoms with Gasteiger partial charge in [-0.1, -0.05) is 0 Å². The van der Waals surface area contributed by atoms with Crippen molar-refractivity contribution in [2.45, 2.75) is 18.9 Å². The lowest BCUT2D eigenvalue weighted by Gasteiger charge is -2.08. The van der Waals surface area contributed by atoms with Gasteiger partial charge in [0.25, 0.3) is 0 Å². The van der Waals surface area contributed by atoms with Crippen LogP contribution in [0.1, 0.15) is 16.6 Å². The fraction of sp³-hybridized carbons (Fsp3) is 0.625. The highest BCUT2D eigenvalue weighted by atomic mass is 32.1. The van der Waals surface area contributed by atoms with Crippen molar-refractivity contribution in [1.82, 2.24) is 10.3 Å². The van der Waals surface area contributed by atoms with Crippen molar-refractivity contribution in [2.75, 3.05) is 13.1 Å². The molecule has 0 bridgehead atoms. The number of β-amino-alcohol motifs (C(OH)–C–C–N with tert-alkyl or cyclic N) is 1. The molecule has 2 heterocycles. The number of rotatable bonds is 1. The Balaban J connectivity index is 2.19. The maximum absolute atomic E-state index is 9.56. The van der Waals surface area contributed by atoms with Crippen molar-refractivity contribution >= 4 is 11.3 Å². The van der Waals surface area contributed by atoms with Gasteiger partial charge in [0.1, 0.15) is 0 Å². The first-order valence-electron chi connectivity index (χ1n) is 4.08. The number of hydrogen-bond donors (Lipinski definition) is 2. The van der Waals surface area contributed by atoms with Crippen molar-refractivity contribution in [2.24, 2.45) is 0 Å². The van der Waals surface area contributed by atoms with Gasteiger partial charge in [0.05, 0.1) is 17.0 Å². The fourth-order valence-corrected chi connectivity index (χ4v) is 2.42. The summed E-state index contributed by atoms with van der Waals surface area (Å²) < 4.78 is 0. The lowest BCUT2D eigenvalue weighted by atomic mass is 10.1. The topological polar surface area (TPSA) is 45.1 Å². The van der Waals surface area contributed by atoms with E-state index in [1.807, 2.05) is 12.3 Å². The number of aliphatic hydroxyl groups is 1. The van der Waals surface area contributed by atoms with Gasteiger partial charge < -0.3 is 10.4 Å². The van der Waals surface area contributed by atoms with Crippen LogP contribution in [-0.2, 0) is 0 Å². The third-order valence-electron chi connectivity index (χ3n) is 2.14. The fourth-order valence-electron chi connectivity index (χ4n) is 1.46. The number of nitrogens with zero attached hydrogens (tertiary/aromatic N) is 1. The molecule has 1 saturated heterocycles. The molecule has 1 aliphatic rings. The second-order valence-corrected chi connectivity index (χ2v) is 4.05. The number of nitrogens with one attached hydrogen (secondary N) is 1. The summed E-state index contributed by atoms with van der Waals surface area (Å²) in [6.45, 7) is 3.53. The van der Waals surface area contributed by atoms with Crippen LogP contribution in [0.25, 0.3) is 0 Å². The third kappa shape index (κ3) is 1.37. The largest absolute Gasteiger partial charge is 0.391 e. The number of aromatic nitrogens is 1. The van der Waals surface area contributed by atoms with Crippen LogP contribution in [0.5, 0.6) is 0 Å². The molecule has 1 aromatic heterocycles. The summed E-state index contributed by atoms with van der Waals surface area (Å²) in [5, 5.41) is 15.8. The van der Waals surface area contributed by atoms with Gasteiger partial charge in [-0.2, -0.15) is 0 Å². The highest BCUT2D eigenvalue weighted by Gasteiger charge is 2.28. The zero-order valence-corrected chi connectivity index (χ0v) is 7.77. The molecule has 2 rings (SSSR count). The molecule has 2 atom stereocenters. The predicted octanol–water partition coefficient (Wildman–Crippen LogP) is 0.499. The average Bonchev–Trinajstić information content (AvgIpc) is 2.58. The molecule has 0 spiro atoms. The molecule has 1 aromatic rings. The van der Waals surface area contributed by atoms with Crippen LogP contribution in [0.2, 0.25) is 0 Å². The van der Waals surface area contributed by atoms with E-state index in [2.05, 4.69) is 10.3 Å². The number of thiazole rings is 1. The molecule has 0 unspecified atom stereocenters. The van der Waals surface area contributed by atoms with E-state index >= 15 is 0 Å². The molecule has 2 N–H and O–H groups in total. The first-order chi connectivity index (χ1) is 5.77. The summed E-state index contributed by atoms with van der Waals surface area (Å²) >= 11 is 1.64. The van der Waals surface area contributed by atoms with Gasteiger partial charge in [-0.15, -0.1) is 11.3 Å². The van der Waals surface area contributed by atoms with E-state index in [1.54, 1.807) is 11.3 Å². The maximum Gasteiger partial charge on any atom is 0.0998 e. The van der Waals surface area contributed by atoms with Crippen molar-refractivity contribution in [3.63, 3.8) is 0 Å². The Morgan fingerprint density at radius 1 is 1.67 bits per heavy atom. The lowest BCUT2D eigenvalue weighted by molar-refractivity contribution is 0.177. The highest BCUT2D eigenvalue weighted by molar-refractivity contribution is 7.09. The first-order valence-corrected chi connectivity index (χ1v) is 4.96. The Labute approximate surface area is 75.5 Å². The second kappa shape index (κ2) is 3.12. The maximum atomic E-state index is 9.56. The van der Waals surface area contributed by atoms with Gasteiger partial charge in [0.2, 0.25) is 0 Å². The molecule has 66 valence electrons. The van der Waals surface area contributed by atoms with Crippen molar-refractivity contribution in [3.05, 3.63) is 16.1 Å². The zero-order chi connectivity index (χ0) is 8.55. The SMILES string of the molecule is Cc1csc([C@@H]2CNC[C@H]2O)n1. The summed E-state index contributed by atoms with van der Waals surface area (Å²) in [6.07, 6.45) is -0.254. The van der Waals surface area contributed by atoms with Gasteiger partial charge in [-0.25, -0.2) is 4.98 Å². The molecule has 0 saturated carbocycles. The molecule has 3 nitrogen and oxygen atoms in total. The molecular weight excluding hydrogens is 172 g/mol. The molecule has 12 heavy (non-hydrogen) atoms. The minimum absolute atomic E-state index is 0.212. The number of hydrogen-bond acceptors (Lipinski definition) is 4. The Bertz CT molecular complexity index is 274. The summed E-state index contributed by atoms with van der Waals surface area (Å²) in [4.78, 5) is 4.36. The monoisotopic (exact) mass is 184 g/mol. The predicted molar refractivity (Wildman–Crippen MR) is 48.5 cm³/mol. The number of aliphatic hydroxyl groups excluding tert-OH is 1. The van der Waals surface area contributed by atoms with Crippen LogP contribution in [0, 0.1) is 6.92 Å². The zero-order valence-electron chi connectivity index (χ0n) is 6.95. The molecule has 0 aromatic carbocycles. The highest BCUT2D eigenvalue weighted by Crippen LogP contribution is 2.25. The summed E-state index contributed by atoms with van der Waals surface area (Å²) in [6, 6.07) is 0. The van der Waals surface area contributed by atoms with Gasteiger partial charge in [-0.05, 0) is 6.92 Å².